The number of anilines is 3. The van der Waals surface area contributed by atoms with E-state index >= 15 is 0 Å². The summed E-state index contributed by atoms with van der Waals surface area (Å²) in [4.78, 5) is 15.2. The topological polar surface area (TPSA) is 77.7 Å². The number of nitrogens with zero attached hydrogens (tertiary/aromatic N) is 5. The van der Waals surface area contributed by atoms with Crippen molar-refractivity contribution in [2.24, 2.45) is 0 Å². The molecule has 0 amide bonds. The van der Waals surface area contributed by atoms with E-state index in [4.69, 9.17) is 5.26 Å². The van der Waals surface area contributed by atoms with Crippen LogP contribution in [0.4, 0.5) is 16.8 Å². The summed E-state index contributed by atoms with van der Waals surface area (Å²) in [6.45, 7) is 1.77. The zero-order chi connectivity index (χ0) is 18.5. The molecule has 0 bridgehead atoms. The molecule has 134 valence electrons. The van der Waals surface area contributed by atoms with Crippen LogP contribution in [0.15, 0.2) is 59.9 Å². The fraction of sp³-hybridized carbons (Fsp3) is 0.200. The van der Waals surface area contributed by atoms with E-state index in [2.05, 4.69) is 49.4 Å². The van der Waals surface area contributed by atoms with Crippen LogP contribution in [-0.2, 0) is 6.42 Å². The maximum atomic E-state index is 8.88. The van der Waals surface area contributed by atoms with Crippen LogP contribution in [0, 0.1) is 11.3 Å². The molecular formula is C20H18N6S. The van der Waals surface area contributed by atoms with E-state index in [9.17, 15) is 0 Å². The van der Waals surface area contributed by atoms with Gasteiger partial charge >= 0.3 is 0 Å². The Hall–Kier alpha value is -3.24. The van der Waals surface area contributed by atoms with Crippen LogP contribution < -0.4 is 10.2 Å². The second-order valence-electron chi connectivity index (χ2n) is 6.26. The molecule has 6 nitrogen and oxygen atoms in total. The molecule has 0 spiro atoms. The third kappa shape index (κ3) is 4.30. The average molecular weight is 374 g/mol. The van der Waals surface area contributed by atoms with Gasteiger partial charge in [0.25, 0.3) is 0 Å². The summed E-state index contributed by atoms with van der Waals surface area (Å²) in [6, 6.07) is 9.97. The van der Waals surface area contributed by atoms with Crippen LogP contribution in [0.25, 0.3) is 0 Å². The first-order chi connectivity index (χ1) is 13.3. The van der Waals surface area contributed by atoms with Gasteiger partial charge in [0.15, 0.2) is 5.13 Å². The number of thiazole rings is 1. The zero-order valence-electron chi connectivity index (χ0n) is 14.7. The SMILES string of the molecule is N#Cc1ccc(N2CC=C(Cc3ccnc(Nc4nccs4)c3)CC2)nc1. The summed E-state index contributed by atoms with van der Waals surface area (Å²) < 4.78 is 0. The maximum absolute atomic E-state index is 8.88. The Morgan fingerprint density at radius 3 is 2.85 bits per heavy atom. The molecule has 3 aromatic heterocycles. The van der Waals surface area contributed by atoms with Crippen LogP contribution in [0.2, 0.25) is 0 Å². The molecule has 0 aliphatic carbocycles. The largest absolute Gasteiger partial charge is 0.353 e. The fourth-order valence-corrected chi connectivity index (χ4v) is 3.56. The molecule has 1 aliphatic heterocycles. The first-order valence-electron chi connectivity index (χ1n) is 8.70. The zero-order valence-corrected chi connectivity index (χ0v) is 15.5. The van der Waals surface area contributed by atoms with Gasteiger partial charge in [-0.15, -0.1) is 11.3 Å². The number of hydrogen-bond donors (Lipinski definition) is 1. The number of nitriles is 1. The Bertz CT molecular complexity index is 972. The molecule has 7 heteroatoms. The molecule has 0 saturated heterocycles. The van der Waals surface area contributed by atoms with E-state index in [1.807, 2.05) is 23.7 Å². The number of pyridine rings is 2. The predicted molar refractivity (Wildman–Crippen MR) is 107 cm³/mol. The molecule has 1 aliphatic rings. The highest BCUT2D eigenvalue weighted by Crippen LogP contribution is 2.22. The van der Waals surface area contributed by atoms with Crippen LogP contribution >= 0.6 is 11.3 Å². The van der Waals surface area contributed by atoms with Gasteiger partial charge in [-0.25, -0.2) is 15.0 Å². The Balaban J connectivity index is 1.39. The van der Waals surface area contributed by atoms with Gasteiger partial charge in [0.2, 0.25) is 0 Å². The molecular weight excluding hydrogens is 356 g/mol. The lowest BCUT2D eigenvalue weighted by Gasteiger charge is -2.27. The van der Waals surface area contributed by atoms with E-state index in [0.717, 1.165) is 42.7 Å². The third-order valence-electron chi connectivity index (χ3n) is 4.43. The molecule has 0 aromatic carbocycles. The Kier molecular flexibility index (Phi) is 5.08. The molecule has 0 unspecified atom stereocenters. The Morgan fingerprint density at radius 2 is 2.15 bits per heavy atom. The first kappa shape index (κ1) is 17.2. The van der Waals surface area contributed by atoms with E-state index in [0.29, 0.717) is 5.56 Å². The maximum Gasteiger partial charge on any atom is 0.188 e. The van der Waals surface area contributed by atoms with Crippen molar-refractivity contribution in [1.29, 1.82) is 5.26 Å². The molecule has 0 radical (unpaired) electrons. The minimum Gasteiger partial charge on any atom is -0.353 e. The highest BCUT2D eigenvalue weighted by molar-refractivity contribution is 7.13. The van der Waals surface area contributed by atoms with Crippen molar-refractivity contribution in [3.8, 4) is 6.07 Å². The summed E-state index contributed by atoms with van der Waals surface area (Å²) in [5.41, 5.74) is 3.25. The lowest BCUT2D eigenvalue weighted by atomic mass is 10.00. The minimum absolute atomic E-state index is 0.590. The van der Waals surface area contributed by atoms with Gasteiger partial charge in [-0.2, -0.15) is 5.26 Å². The molecule has 3 aromatic rings. The summed E-state index contributed by atoms with van der Waals surface area (Å²) in [5.74, 6) is 1.74. The molecule has 0 saturated carbocycles. The third-order valence-corrected chi connectivity index (χ3v) is 5.12. The van der Waals surface area contributed by atoms with Crippen molar-refractivity contribution >= 4 is 28.1 Å². The lowest BCUT2D eigenvalue weighted by molar-refractivity contribution is 0.759. The number of hydrogen-bond acceptors (Lipinski definition) is 7. The molecule has 4 heterocycles. The molecule has 0 fully saturated rings. The molecule has 27 heavy (non-hydrogen) atoms. The van der Waals surface area contributed by atoms with Crippen LogP contribution in [-0.4, -0.2) is 28.0 Å². The predicted octanol–water partition coefficient (Wildman–Crippen LogP) is 3.93. The van der Waals surface area contributed by atoms with Crippen molar-refractivity contribution in [3.63, 3.8) is 0 Å². The summed E-state index contributed by atoms with van der Waals surface area (Å²) >= 11 is 1.56. The van der Waals surface area contributed by atoms with Crippen molar-refractivity contribution in [2.75, 3.05) is 23.3 Å². The van der Waals surface area contributed by atoms with Crippen molar-refractivity contribution < 1.29 is 0 Å². The van der Waals surface area contributed by atoms with Crippen molar-refractivity contribution in [2.45, 2.75) is 12.8 Å². The van der Waals surface area contributed by atoms with Gasteiger partial charge in [-0.05, 0) is 42.7 Å². The molecule has 0 atom stereocenters. The highest BCUT2D eigenvalue weighted by Gasteiger charge is 2.14. The summed E-state index contributed by atoms with van der Waals surface area (Å²) in [7, 11) is 0. The van der Waals surface area contributed by atoms with Gasteiger partial charge in [-0.3, -0.25) is 0 Å². The van der Waals surface area contributed by atoms with Crippen LogP contribution in [0.5, 0.6) is 0 Å². The summed E-state index contributed by atoms with van der Waals surface area (Å²) in [6.07, 6.45) is 9.43. The van der Waals surface area contributed by atoms with Gasteiger partial charge < -0.3 is 10.2 Å². The second kappa shape index (κ2) is 7.98. The quantitative estimate of drug-likeness (QED) is 0.682. The second-order valence-corrected chi connectivity index (χ2v) is 7.16. The van der Waals surface area contributed by atoms with E-state index < -0.39 is 0 Å². The Morgan fingerprint density at radius 1 is 1.19 bits per heavy atom. The number of aromatic nitrogens is 3. The molecule has 1 N–H and O–H groups in total. The fourth-order valence-electron chi connectivity index (χ4n) is 3.03. The van der Waals surface area contributed by atoms with Gasteiger partial charge in [-0.1, -0.05) is 11.6 Å². The number of rotatable bonds is 5. The van der Waals surface area contributed by atoms with Crippen molar-refractivity contribution in [3.05, 3.63) is 71.0 Å². The van der Waals surface area contributed by atoms with E-state index in [1.165, 1.54) is 11.1 Å². The van der Waals surface area contributed by atoms with Crippen LogP contribution in [0.1, 0.15) is 17.5 Å². The lowest BCUT2D eigenvalue weighted by Crippen LogP contribution is -2.29. The minimum atomic E-state index is 0.590. The number of nitrogens with one attached hydrogen (secondary N) is 1. The highest BCUT2D eigenvalue weighted by atomic mass is 32.1. The van der Waals surface area contributed by atoms with Crippen LogP contribution in [0.3, 0.4) is 0 Å². The molecule has 4 rings (SSSR count). The van der Waals surface area contributed by atoms with Gasteiger partial charge in [0.05, 0.1) is 5.56 Å². The standard InChI is InChI=1S/C20H18N6S/c21-13-17-1-2-19(24-14-17)26-8-4-15(5-9-26)11-16-3-6-22-18(12-16)25-20-23-7-10-27-20/h1-4,6-7,10,12,14H,5,8-9,11H2,(H,22,23,25). The average Bonchev–Trinajstić information content (AvgIpc) is 3.22. The summed E-state index contributed by atoms with van der Waals surface area (Å²) in [5, 5.41) is 14.9. The van der Waals surface area contributed by atoms with E-state index in [1.54, 1.807) is 23.7 Å². The smallest absolute Gasteiger partial charge is 0.188 e. The van der Waals surface area contributed by atoms with Crippen molar-refractivity contribution in [1.82, 2.24) is 15.0 Å². The van der Waals surface area contributed by atoms with E-state index in [-0.39, 0.29) is 0 Å². The van der Waals surface area contributed by atoms with Gasteiger partial charge in [0.1, 0.15) is 17.7 Å². The normalized spacial score (nSPS) is 13.7. The van der Waals surface area contributed by atoms with Gasteiger partial charge in [0, 0.05) is 37.1 Å². The first-order valence-corrected chi connectivity index (χ1v) is 9.58. The Labute approximate surface area is 161 Å². The monoisotopic (exact) mass is 374 g/mol.